The smallest absolute Gasteiger partial charge is 0.265 e. The van der Waals surface area contributed by atoms with E-state index in [0.29, 0.717) is 34.4 Å². The van der Waals surface area contributed by atoms with Crippen molar-refractivity contribution < 1.29 is 9.53 Å². The third-order valence-corrected chi connectivity index (χ3v) is 4.68. The predicted molar refractivity (Wildman–Crippen MR) is 108 cm³/mol. The van der Waals surface area contributed by atoms with Crippen molar-refractivity contribution in [1.82, 2.24) is 9.78 Å². The molecule has 27 heavy (non-hydrogen) atoms. The van der Waals surface area contributed by atoms with Crippen LogP contribution in [0, 0.1) is 0 Å². The van der Waals surface area contributed by atoms with E-state index in [-0.39, 0.29) is 5.91 Å². The lowest BCUT2D eigenvalue weighted by atomic mass is 10.2. The van der Waals surface area contributed by atoms with Gasteiger partial charge in [0.25, 0.3) is 5.91 Å². The highest BCUT2D eigenvalue weighted by Crippen LogP contribution is 2.25. The number of aromatic nitrogens is 2. The van der Waals surface area contributed by atoms with Gasteiger partial charge in [-0.25, -0.2) is 0 Å². The highest BCUT2D eigenvalue weighted by atomic mass is 35.5. The lowest BCUT2D eigenvalue weighted by Crippen LogP contribution is -2.32. The van der Waals surface area contributed by atoms with Crippen molar-refractivity contribution in [3.05, 3.63) is 76.5 Å². The van der Waals surface area contributed by atoms with Crippen LogP contribution in [-0.4, -0.2) is 21.8 Å². The average molecular weight is 404 g/mol. The lowest BCUT2D eigenvalue weighted by Gasteiger charge is -2.16. The molecule has 2 aromatic carbocycles. The van der Waals surface area contributed by atoms with Crippen molar-refractivity contribution in [3.63, 3.8) is 0 Å². The molecule has 0 aliphatic rings. The van der Waals surface area contributed by atoms with Gasteiger partial charge in [-0.3, -0.25) is 9.48 Å². The maximum Gasteiger partial charge on any atom is 0.265 e. The number of amides is 1. The summed E-state index contributed by atoms with van der Waals surface area (Å²) in [6, 6.07) is 14.6. The first-order valence-electron chi connectivity index (χ1n) is 8.54. The van der Waals surface area contributed by atoms with Gasteiger partial charge in [0.05, 0.1) is 18.4 Å². The molecule has 5 nitrogen and oxygen atoms in total. The zero-order valence-electron chi connectivity index (χ0n) is 14.7. The summed E-state index contributed by atoms with van der Waals surface area (Å²) >= 11 is 12.4. The molecule has 1 aromatic heterocycles. The van der Waals surface area contributed by atoms with Gasteiger partial charge in [0.15, 0.2) is 6.10 Å². The summed E-state index contributed by atoms with van der Waals surface area (Å²) in [6.45, 7) is 2.31. The van der Waals surface area contributed by atoms with Gasteiger partial charge in [0, 0.05) is 21.8 Å². The zero-order chi connectivity index (χ0) is 19.2. The summed E-state index contributed by atoms with van der Waals surface area (Å²) in [5, 5.41) is 8.24. The Morgan fingerprint density at radius 1 is 1.15 bits per heavy atom. The van der Waals surface area contributed by atoms with Crippen LogP contribution < -0.4 is 10.1 Å². The molecule has 0 saturated carbocycles. The van der Waals surface area contributed by atoms with Gasteiger partial charge in [-0.15, -0.1) is 0 Å². The molecule has 0 unspecified atom stereocenters. The molecule has 0 fully saturated rings. The topological polar surface area (TPSA) is 56.1 Å². The van der Waals surface area contributed by atoms with Crippen molar-refractivity contribution in [2.45, 2.75) is 26.0 Å². The van der Waals surface area contributed by atoms with Gasteiger partial charge >= 0.3 is 0 Å². The van der Waals surface area contributed by atoms with Crippen molar-refractivity contribution in [2.75, 3.05) is 5.32 Å². The number of hydrogen-bond acceptors (Lipinski definition) is 3. The van der Waals surface area contributed by atoms with Crippen LogP contribution in [0.5, 0.6) is 5.75 Å². The number of nitrogens with zero attached hydrogens (tertiary/aromatic N) is 2. The van der Waals surface area contributed by atoms with E-state index >= 15 is 0 Å². The van der Waals surface area contributed by atoms with Crippen LogP contribution in [0.25, 0.3) is 0 Å². The molecule has 7 heteroatoms. The number of rotatable bonds is 7. The molecule has 140 valence electrons. The fourth-order valence-electron chi connectivity index (χ4n) is 2.57. The van der Waals surface area contributed by atoms with Gasteiger partial charge in [-0.05, 0) is 30.7 Å². The van der Waals surface area contributed by atoms with E-state index in [2.05, 4.69) is 10.4 Å². The van der Waals surface area contributed by atoms with Crippen LogP contribution in [0.4, 0.5) is 5.69 Å². The molecule has 1 N–H and O–H groups in total. The number of carbonyl (C=O) groups is 1. The number of hydrogen-bond donors (Lipinski definition) is 1. The average Bonchev–Trinajstić information content (AvgIpc) is 3.10. The Bertz CT molecular complexity index is 892. The Balaban J connectivity index is 1.65. The first kappa shape index (κ1) is 19.3. The van der Waals surface area contributed by atoms with Crippen molar-refractivity contribution >= 4 is 34.8 Å². The van der Waals surface area contributed by atoms with Crippen LogP contribution in [0.15, 0.2) is 60.9 Å². The fraction of sp³-hybridized carbons (Fsp3) is 0.200. The summed E-state index contributed by atoms with van der Waals surface area (Å²) < 4.78 is 7.43. The van der Waals surface area contributed by atoms with Crippen LogP contribution >= 0.6 is 23.2 Å². The molecule has 1 heterocycles. The molecule has 0 aliphatic heterocycles. The second-order valence-corrected chi connectivity index (χ2v) is 6.76. The minimum atomic E-state index is -0.589. The first-order chi connectivity index (χ1) is 13.1. The molecular formula is C20H19Cl2N3O2. The summed E-state index contributed by atoms with van der Waals surface area (Å²) in [4.78, 5) is 12.5. The monoisotopic (exact) mass is 403 g/mol. The minimum Gasteiger partial charge on any atom is -0.481 e. The third kappa shape index (κ3) is 5.02. The predicted octanol–water partition coefficient (Wildman–Crippen LogP) is 5.03. The van der Waals surface area contributed by atoms with E-state index < -0.39 is 6.10 Å². The van der Waals surface area contributed by atoms with E-state index in [1.165, 1.54) is 0 Å². The molecule has 0 saturated heterocycles. The van der Waals surface area contributed by atoms with Gasteiger partial charge < -0.3 is 10.1 Å². The molecule has 1 amide bonds. The van der Waals surface area contributed by atoms with Crippen molar-refractivity contribution in [1.29, 1.82) is 0 Å². The Morgan fingerprint density at radius 3 is 2.52 bits per heavy atom. The van der Waals surface area contributed by atoms with Crippen LogP contribution in [0.3, 0.4) is 0 Å². The maximum absolute atomic E-state index is 12.5. The highest BCUT2D eigenvalue weighted by molar-refractivity contribution is 6.35. The quantitative estimate of drug-likeness (QED) is 0.601. The molecule has 0 spiro atoms. The number of para-hydroxylation sites is 1. The highest BCUT2D eigenvalue weighted by Gasteiger charge is 2.19. The summed E-state index contributed by atoms with van der Waals surface area (Å²) in [6.07, 6.45) is 3.27. The minimum absolute atomic E-state index is 0.225. The Hall–Kier alpha value is -2.50. The summed E-state index contributed by atoms with van der Waals surface area (Å²) in [5.74, 6) is 0.431. The van der Waals surface area contributed by atoms with Crippen LogP contribution in [0.2, 0.25) is 10.0 Å². The van der Waals surface area contributed by atoms with E-state index in [1.54, 1.807) is 35.3 Å². The van der Waals surface area contributed by atoms with Crippen molar-refractivity contribution in [2.24, 2.45) is 0 Å². The molecular weight excluding hydrogens is 385 g/mol. The largest absolute Gasteiger partial charge is 0.481 e. The second kappa shape index (κ2) is 8.93. The Morgan fingerprint density at radius 2 is 1.85 bits per heavy atom. The Labute approximate surface area is 167 Å². The number of halogens is 2. The zero-order valence-corrected chi connectivity index (χ0v) is 16.2. The van der Waals surface area contributed by atoms with Crippen LogP contribution in [0.1, 0.15) is 18.9 Å². The van der Waals surface area contributed by atoms with E-state index in [9.17, 15) is 4.79 Å². The van der Waals surface area contributed by atoms with Crippen LogP contribution in [-0.2, 0) is 11.3 Å². The number of ether oxygens (including phenoxy) is 1. The normalized spacial score (nSPS) is 11.8. The molecule has 0 aliphatic carbocycles. The SMILES string of the molecule is CC[C@H](Oc1ccccc1)C(=O)Nc1cnn(Cc2c(Cl)cccc2Cl)c1. The molecule has 3 rings (SSSR count). The number of nitrogens with one attached hydrogen (secondary N) is 1. The van der Waals surface area contributed by atoms with E-state index in [1.807, 2.05) is 37.3 Å². The standard InChI is InChI=1S/C20H19Cl2N3O2/c1-2-19(27-15-7-4-3-5-8-15)20(26)24-14-11-23-25(12-14)13-16-17(21)9-6-10-18(16)22/h3-12,19H,2,13H2,1H3,(H,24,26)/t19-/m0/s1. The molecule has 0 bridgehead atoms. The summed E-state index contributed by atoms with van der Waals surface area (Å²) in [7, 11) is 0. The second-order valence-electron chi connectivity index (χ2n) is 5.94. The third-order valence-electron chi connectivity index (χ3n) is 3.97. The fourth-order valence-corrected chi connectivity index (χ4v) is 3.09. The van der Waals surface area contributed by atoms with Gasteiger partial charge in [0.1, 0.15) is 5.75 Å². The number of anilines is 1. The molecule has 3 aromatic rings. The van der Waals surface area contributed by atoms with E-state index in [4.69, 9.17) is 27.9 Å². The number of benzene rings is 2. The summed E-state index contributed by atoms with van der Waals surface area (Å²) in [5.41, 5.74) is 1.36. The maximum atomic E-state index is 12.5. The van der Waals surface area contributed by atoms with Gasteiger partial charge in [-0.2, -0.15) is 5.10 Å². The van der Waals surface area contributed by atoms with Crippen molar-refractivity contribution in [3.8, 4) is 5.75 Å². The lowest BCUT2D eigenvalue weighted by molar-refractivity contribution is -0.122. The van der Waals surface area contributed by atoms with Gasteiger partial charge in [-0.1, -0.05) is 54.4 Å². The number of carbonyl (C=O) groups excluding carboxylic acids is 1. The molecule has 0 radical (unpaired) electrons. The first-order valence-corrected chi connectivity index (χ1v) is 9.30. The van der Waals surface area contributed by atoms with Gasteiger partial charge in [0.2, 0.25) is 0 Å². The Kier molecular flexibility index (Phi) is 6.37. The van der Waals surface area contributed by atoms with E-state index in [0.717, 1.165) is 5.56 Å². The molecule has 1 atom stereocenters.